The average Bonchev–Trinajstić information content (AvgIpc) is 3.57. The summed E-state index contributed by atoms with van der Waals surface area (Å²) < 4.78 is 7.02. The highest BCUT2D eigenvalue weighted by Crippen LogP contribution is 2.27. The van der Waals surface area contributed by atoms with E-state index in [1.54, 1.807) is 56.8 Å². The highest BCUT2D eigenvalue weighted by atomic mass is 35.5. The Balaban J connectivity index is 1.26. The number of aromatic nitrogens is 3. The topological polar surface area (TPSA) is 162 Å². The molecule has 47 heavy (non-hydrogen) atoms. The molecule has 0 radical (unpaired) electrons. The molecule has 2 aromatic heterocycles. The van der Waals surface area contributed by atoms with Gasteiger partial charge in [0, 0.05) is 59.8 Å². The van der Waals surface area contributed by atoms with Crippen molar-refractivity contribution in [1.29, 1.82) is 0 Å². The molecule has 0 saturated carbocycles. The van der Waals surface area contributed by atoms with Crippen LogP contribution >= 0.6 is 11.6 Å². The largest absolute Gasteiger partial charge is 0.444 e. The van der Waals surface area contributed by atoms with E-state index in [9.17, 15) is 19.2 Å². The van der Waals surface area contributed by atoms with Crippen molar-refractivity contribution in [3.8, 4) is 0 Å². The van der Waals surface area contributed by atoms with Crippen LogP contribution in [0.25, 0.3) is 11.7 Å². The number of nitrogens with zero attached hydrogens (tertiary/aromatic N) is 5. The second-order valence-corrected chi connectivity index (χ2v) is 12.4. The molecule has 2 aliphatic heterocycles. The quantitative estimate of drug-likeness (QED) is 0.169. The number of anilines is 4. The zero-order valence-corrected chi connectivity index (χ0v) is 26.6. The standard InChI is InChI=1S/C32H32ClN9O5/c1-32(2,3)47-31(46)41-12-10-40(11-13-41)29(44)19-6-4-8-22(14-19)36-26-17-25(35-23-9-5-7-21(33)16-23)38-27-20(18-34-42(26)27)15-24-28(43)39-30(45)37-24/h4-9,14-18,36H,10-13H2,1-3H3,(H,35,38)(H2,37,39,43,45). The van der Waals surface area contributed by atoms with Crippen LogP contribution in [0.4, 0.5) is 32.6 Å². The Kier molecular flexibility index (Phi) is 8.43. The van der Waals surface area contributed by atoms with E-state index >= 15 is 0 Å². The van der Waals surface area contributed by atoms with Crippen molar-refractivity contribution in [2.24, 2.45) is 0 Å². The van der Waals surface area contributed by atoms with Gasteiger partial charge in [0.15, 0.2) is 5.65 Å². The highest BCUT2D eigenvalue weighted by Gasteiger charge is 2.28. The fourth-order valence-electron chi connectivity index (χ4n) is 5.07. The van der Waals surface area contributed by atoms with Crippen LogP contribution in [0.1, 0.15) is 36.7 Å². The maximum Gasteiger partial charge on any atom is 0.410 e. The van der Waals surface area contributed by atoms with E-state index in [4.69, 9.17) is 21.3 Å². The minimum atomic E-state index is -0.615. The minimum Gasteiger partial charge on any atom is -0.444 e. The molecule has 0 spiro atoms. The van der Waals surface area contributed by atoms with Crippen LogP contribution in [0.5, 0.6) is 0 Å². The highest BCUT2D eigenvalue weighted by molar-refractivity contribution is 6.30. The van der Waals surface area contributed by atoms with E-state index in [-0.39, 0.29) is 11.6 Å². The van der Waals surface area contributed by atoms with Gasteiger partial charge in [0.25, 0.3) is 11.8 Å². The predicted molar refractivity (Wildman–Crippen MR) is 176 cm³/mol. The first kappa shape index (κ1) is 31.4. The lowest BCUT2D eigenvalue weighted by molar-refractivity contribution is -0.115. The monoisotopic (exact) mass is 657 g/mol. The van der Waals surface area contributed by atoms with E-state index in [1.807, 2.05) is 32.9 Å². The molecule has 4 N–H and O–H groups in total. The van der Waals surface area contributed by atoms with Gasteiger partial charge in [-0.05, 0) is 63.2 Å². The molecule has 242 valence electrons. The summed E-state index contributed by atoms with van der Waals surface area (Å²) in [5.41, 5.74) is 2.11. The summed E-state index contributed by atoms with van der Waals surface area (Å²) in [5, 5.41) is 16.2. The number of benzene rings is 2. The predicted octanol–water partition coefficient (Wildman–Crippen LogP) is 4.74. The molecule has 0 bridgehead atoms. The number of ether oxygens (including phenoxy) is 1. The number of hydrogen-bond acceptors (Lipinski definition) is 9. The van der Waals surface area contributed by atoms with Crippen LogP contribution in [0.15, 0.2) is 66.5 Å². The third-order valence-corrected chi connectivity index (χ3v) is 7.45. The number of rotatable bonds is 6. The SMILES string of the molecule is CC(C)(C)OC(=O)N1CCN(C(=O)c2cccc(Nc3cc(Nc4cccc(Cl)c4)nc4c(C=C5NC(=O)NC5=O)cnn34)c2)CC1. The number of imide groups is 1. The third-order valence-electron chi connectivity index (χ3n) is 7.22. The Labute approximate surface area is 274 Å². The number of piperazine rings is 1. The molecule has 2 aromatic carbocycles. The summed E-state index contributed by atoms with van der Waals surface area (Å²) in [6.07, 6.45) is 2.63. The number of carbonyl (C=O) groups excluding carboxylic acids is 4. The molecule has 14 nitrogen and oxygen atoms in total. The molecule has 4 heterocycles. The number of urea groups is 1. The molecule has 0 aliphatic carbocycles. The van der Waals surface area contributed by atoms with Crippen molar-refractivity contribution in [1.82, 2.24) is 35.0 Å². The Morgan fingerprint density at radius 2 is 1.64 bits per heavy atom. The van der Waals surface area contributed by atoms with E-state index in [0.717, 1.165) is 0 Å². The molecular weight excluding hydrogens is 626 g/mol. The van der Waals surface area contributed by atoms with E-state index < -0.39 is 23.6 Å². The van der Waals surface area contributed by atoms with E-state index in [2.05, 4.69) is 26.4 Å². The molecule has 4 aromatic rings. The van der Waals surface area contributed by atoms with Gasteiger partial charge in [-0.3, -0.25) is 14.9 Å². The Bertz CT molecular complexity index is 1930. The maximum atomic E-state index is 13.5. The number of halogens is 1. The Morgan fingerprint density at radius 3 is 2.32 bits per heavy atom. The number of hydrogen-bond donors (Lipinski definition) is 4. The van der Waals surface area contributed by atoms with E-state index in [1.165, 1.54) is 12.3 Å². The van der Waals surface area contributed by atoms with Gasteiger partial charge in [0.05, 0.1) is 6.20 Å². The molecule has 6 rings (SSSR count). The van der Waals surface area contributed by atoms with Gasteiger partial charge in [-0.1, -0.05) is 23.7 Å². The lowest BCUT2D eigenvalue weighted by Gasteiger charge is -2.35. The summed E-state index contributed by atoms with van der Waals surface area (Å²) in [7, 11) is 0. The summed E-state index contributed by atoms with van der Waals surface area (Å²) in [5.74, 6) is 0.219. The van der Waals surface area contributed by atoms with Crippen molar-refractivity contribution >= 4 is 70.3 Å². The van der Waals surface area contributed by atoms with Crippen molar-refractivity contribution in [2.75, 3.05) is 36.8 Å². The molecule has 0 unspecified atom stereocenters. The maximum absolute atomic E-state index is 13.5. The fourth-order valence-corrected chi connectivity index (χ4v) is 5.26. The van der Waals surface area contributed by atoms with Gasteiger partial charge < -0.3 is 30.5 Å². The first-order valence-electron chi connectivity index (χ1n) is 14.8. The first-order valence-corrected chi connectivity index (χ1v) is 15.2. The summed E-state index contributed by atoms with van der Waals surface area (Å²) in [6, 6.07) is 15.3. The minimum absolute atomic E-state index is 0.0626. The van der Waals surface area contributed by atoms with Gasteiger partial charge in [-0.2, -0.15) is 9.61 Å². The van der Waals surface area contributed by atoms with Crippen molar-refractivity contribution < 1.29 is 23.9 Å². The van der Waals surface area contributed by atoms with Crippen LogP contribution < -0.4 is 21.3 Å². The first-order chi connectivity index (χ1) is 22.4. The molecule has 5 amide bonds. The molecule has 2 fully saturated rings. The normalized spacial score (nSPS) is 15.9. The zero-order chi connectivity index (χ0) is 33.3. The van der Waals surface area contributed by atoms with Gasteiger partial charge in [-0.25, -0.2) is 14.6 Å². The van der Waals surface area contributed by atoms with Crippen LogP contribution in [-0.2, 0) is 9.53 Å². The smallest absolute Gasteiger partial charge is 0.410 e. The van der Waals surface area contributed by atoms with Crippen molar-refractivity contribution in [3.05, 3.63) is 82.6 Å². The second kappa shape index (κ2) is 12.6. The molecular formula is C32H32ClN9O5. The Hall–Kier alpha value is -5.63. The molecule has 2 aliphatic rings. The zero-order valence-electron chi connectivity index (χ0n) is 25.8. The van der Waals surface area contributed by atoms with E-state index in [0.29, 0.717) is 71.0 Å². The Morgan fingerprint density at radius 1 is 0.936 bits per heavy atom. The third kappa shape index (κ3) is 7.28. The van der Waals surface area contributed by atoms with Crippen LogP contribution in [0.3, 0.4) is 0 Å². The summed E-state index contributed by atoms with van der Waals surface area (Å²) in [4.78, 5) is 57.8. The van der Waals surface area contributed by atoms with Gasteiger partial charge in [-0.15, -0.1) is 0 Å². The lowest BCUT2D eigenvalue weighted by Crippen LogP contribution is -2.51. The summed E-state index contributed by atoms with van der Waals surface area (Å²) >= 11 is 6.19. The lowest BCUT2D eigenvalue weighted by atomic mass is 10.1. The fraction of sp³-hybridized carbons (Fsp3) is 0.250. The van der Waals surface area contributed by atoms with Gasteiger partial charge >= 0.3 is 12.1 Å². The van der Waals surface area contributed by atoms with Crippen LogP contribution in [0.2, 0.25) is 5.02 Å². The van der Waals surface area contributed by atoms with Crippen molar-refractivity contribution in [2.45, 2.75) is 26.4 Å². The molecule has 0 atom stereocenters. The molecule has 15 heteroatoms. The number of amides is 5. The number of fused-ring (bicyclic) bond motifs is 1. The van der Waals surface area contributed by atoms with Gasteiger partial charge in [0.2, 0.25) is 0 Å². The van der Waals surface area contributed by atoms with Gasteiger partial charge in [0.1, 0.15) is 22.9 Å². The van der Waals surface area contributed by atoms with Crippen molar-refractivity contribution in [3.63, 3.8) is 0 Å². The average molecular weight is 658 g/mol. The molecule has 2 saturated heterocycles. The van der Waals surface area contributed by atoms with Crippen LogP contribution in [0, 0.1) is 0 Å². The number of carbonyl (C=O) groups is 4. The number of nitrogens with one attached hydrogen (secondary N) is 4. The summed E-state index contributed by atoms with van der Waals surface area (Å²) in [6.45, 7) is 6.96. The second-order valence-electron chi connectivity index (χ2n) is 11.9. The van der Waals surface area contributed by atoms with Crippen LogP contribution in [-0.4, -0.2) is 80.1 Å².